The maximum absolute atomic E-state index is 13.1. The molecule has 0 aromatic heterocycles. The van der Waals surface area contributed by atoms with Gasteiger partial charge < -0.3 is 15.5 Å². The first kappa shape index (κ1) is 17.2. The van der Waals surface area contributed by atoms with Crippen molar-refractivity contribution in [2.45, 2.75) is 12.7 Å². The van der Waals surface area contributed by atoms with Crippen molar-refractivity contribution in [2.24, 2.45) is 0 Å². The Morgan fingerprint density at radius 1 is 1.19 bits per heavy atom. The summed E-state index contributed by atoms with van der Waals surface area (Å²) in [5.74, 6) is -0.928. The lowest BCUT2D eigenvalue weighted by Crippen LogP contribution is -2.38. The standard InChI is InChI=1S/C13H17F4N3O/c1-20(2)12(21)19-4-3-18-8-9-5-10(13(15,16)17)7-11(14)6-9/h5-7,18H,3-4,8H2,1-2H3,(H,19,21). The minimum Gasteiger partial charge on any atom is -0.337 e. The molecule has 0 saturated carbocycles. The lowest BCUT2D eigenvalue weighted by molar-refractivity contribution is -0.137. The molecule has 8 heteroatoms. The highest BCUT2D eigenvalue weighted by atomic mass is 19.4. The largest absolute Gasteiger partial charge is 0.416 e. The van der Waals surface area contributed by atoms with Crippen molar-refractivity contribution in [3.05, 3.63) is 35.1 Å². The van der Waals surface area contributed by atoms with Crippen LogP contribution in [-0.4, -0.2) is 38.1 Å². The second-order valence-electron chi connectivity index (χ2n) is 4.65. The average molecular weight is 307 g/mol. The fraction of sp³-hybridized carbons (Fsp3) is 0.462. The van der Waals surface area contributed by atoms with E-state index in [9.17, 15) is 22.4 Å². The quantitative estimate of drug-likeness (QED) is 0.647. The molecule has 0 saturated heterocycles. The van der Waals surface area contributed by atoms with Crippen LogP contribution in [0.3, 0.4) is 0 Å². The Hall–Kier alpha value is -1.83. The molecule has 1 aromatic carbocycles. The fourth-order valence-electron chi connectivity index (χ4n) is 1.56. The van der Waals surface area contributed by atoms with E-state index in [1.54, 1.807) is 14.1 Å². The molecule has 0 aliphatic rings. The second kappa shape index (κ2) is 7.26. The third kappa shape index (κ3) is 5.99. The SMILES string of the molecule is CN(C)C(=O)NCCNCc1cc(F)cc(C(F)(F)F)c1. The molecule has 1 aromatic rings. The molecule has 0 atom stereocenters. The number of amides is 2. The third-order valence-electron chi connectivity index (χ3n) is 2.60. The number of halogens is 4. The van der Waals surface area contributed by atoms with Crippen molar-refractivity contribution >= 4 is 6.03 Å². The molecule has 21 heavy (non-hydrogen) atoms. The Balaban J connectivity index is 2.46. The van der Waals surface area contributed by atoms with Crippen molar-refractivity contribution in [3.63, 3.8) is 0 Å². The minimum atomic E-state index is -4.57. The predicted octanol–water partition coefficient (Wildman–Crippen LogP) is 2.21. The molecule has 0 unspecified atom stereocenters. The summed E-state index contributed by atoms with van der Waals surface area (Å²) in [5.41, 5.74) is -0.818. The smallest absolute Gasteiger partial charge is 0.337 e. The normalized spacial score (nSPS) is 11.3. The zero-order valence-electron chi connectivity index (χ0n) is 11.7. The fourth-order valence-corrected chi connectivity index (χ4v) is 1.56. The predicted molar refractivity (Wildman–Crippen MR) is 70.2 cm³/mol. The average Bonchev–Trinajstić information content (AvgIpc) is 2.36. The van der Waals surface area contributed by atoms with E-state index < -0.39 is 17.6 Å². The van der Waals surface area contributed by atoms with Crippen molar-refractivity contribution in [1.29, 1.82) is 0 Å². The minimum absolute atomic E-state index is 0.0820. The molecule has 2 amide bonds. The van der Waals surface area contributed by atoms with E-state index >= 15 is 0 Å². The van der Waals surface area contributed by atoms with Crippen LogP contribution in [0.4, 0.5) is 22.4 Å². The Morgan fingerprint density at radius 2 is 1.86 bits per heavy atom. The summed E-state index contributed by atoms with van der Waals surface area (Å²) in [6.07, 6.45) is -4.57. The Labute approximate surface area is 120 Å². The number of carbonyl (C=O) groups is 1. The molecule has 0 bridgehead atoms. The van der Waals surface area contributed by atoms with Gasteiger partial charge in [0.05, 0.1) is 5.56 Å². The molecule has 0 heterocycles. The first-order valence-corrected chi connectivity index (χ1v) is 6.22. The summed E-state index contributed by atoms with van der Waals surface area (Å²) in [4.78, 5) is 12.6. The van der Waals surface area contributed by atoms with Gasteiger partial charge in [-0.1, -0.05) is 0 Å². The van der Waals surface area contributed by atoms with Crippen LogP contribution in [0, 0.1) is 5.82 Å². The van der Waals surface area contributed by atoms with E-state index in [2.05, 4.69) is 10.6 Å². The highest BCUT2D eigenvalue weighted by Crippen LogP contribution is 2.30. The summed E-state index contributed by atoms with van der Waals surface area (Å²) >= 11 is 0. The molecule has 1 rings (SSSR count). The molecule has 4 nitrogen and oxygen atoms in total. The molecular formula is C13H17F4N3O. The van der Waals surface area contributed by atoms with Gasteiger partial charge >= 0.3 is 12.2 Å². The molecule has 0 aliphatic heterocycles. The maximum atomic E-state index is 13.1. The van der Waals surface area contributed by atoms with Gasteiger partial charge in [-0.15, -0.1) is 0 Å². The van der Waals surface area contributed by atoms with Crippen LogP contribution in [0.1, 0.15) is 11.1 Å². The van der Waals surface area contributed by atoms with Gasteiger partial charge in [0, 0.05) is 33.7 Å². The zero-order valence-corrected chi connectivity index (χ0v) is 11.7. The van der Waals surface area contributed by atoms with Crippen LogP contribution in [0.5, 0.6) is 0 Å². The van der Waals surface area contributed by atoms with Gasteiger partial charge in [-0.05, 0) is 23.8 Å². The van der Waals surface area contributed by atoms with Gasteiger partial charge in [-0.3, -0.25) is 0 Å². The van der Waals surface area contributed by atoms with Crippen molar-refractivity contribution in [2.75, 3.05) is 27.2 Å². The monoisotopic (exact) mass is 307 g/mol. The number of hydrogen-bond acceptors (Lipinski definition) is 2. The summed E-state index contributed by atoms with van der Waals surface area (Å²) in [5, 5.41) is 5.42. The number of hydrogen-bond donors (Lipinski definition) is 2. The van der Waals surface area contributed by atoms with Crippen LogP contribution >= 0.6 is 0 Å². The maximum Gasteiger partial charge on any atom is 0.416 e. The van der Waals surface area contributed by atoms with E-state index in [1.165, 1.54) is 4.90 Å². The molecular weight excluding hydrogens is 290 g/mol. The van der Waals surface area contributed by atoms with Crippen LogP contribution in [0.2, 0.25) is 0 Å². The van der Waals surface area contributed by atoms with Gasteiger partial charge in [0.25, 0.3) is 0 Å². The summed E-state index contributed by atoms with van der Waals surface area (Å²) < 4.78 is 50.7. The van der Waals surface area contributed by atoms with Crippen LogP contribution in [0.25, 0.3) is 0 Å². The number of urea groups is 1. The summed E-state index contributed by atoms with van der Waals surface area (Å²) in [6.45, 7) is 0.759. The van der Waals surface area contributed by atoms with Gasteiger partial charge in [-0.25, -0.2) is 9.18 Å². The van der Waals surface area contributed by atoms with Crippen LogP contribution in [-0.2, 0) is 12.7 Å². The van der Waals surface area contributed by atoms with E-state index in [1.807, 2.05) is 0 Å². The first-order chi connectivity index (χ1) is 9.70. The topological polar surface area (TPSA) is 44.4 Å². The van der Waals surface area contributed by atoms with E-state index in [0.29, 0.717) is 19.2 Å². The van der Waals surface area contributed by atoms with Crippen LogP contribution in [0.15, 0.2) is 18.2 Å². The number of carbonyl (C=O) groups excluding carboxylic acids is 1. The molecule has 118 valence electrons. The number of nitrogens with one attached hydrogen (secondary N) is 2. The van der Waals surface area contributed by atoms with Crippen LogP contribution < -0.4 is 10.6 Å². The van der Waals surface area contributed by atoms with Crippen molar-refractivity contribution < 1.29 is 22.4 Å². The molecule has 0 aliphatic carbocycles. The molecule has 0 spiro atoms. The first-order valence-electron chi connectivity index (χ1n) is 6.22. The number of alkyl halides is 3. The number of nitrogens with zero attached hydrogens (tertiary/aromatic N) is 1. The van der Waals surface area contributed by atoms with Gasteiger partial charge in [0.1, 0.15) is 5.82 Å². The number of benzene rings is 1. The summed E-state index contributed by atoms with van der Waals surface area (Å²) in [6, 6.07) is 2.14. The Morgan fingerprint density at radius 3 is 2.43 bits per heavy atom. The zero-order chi connectivity index (χ0) is 16.0. The number of rotatable bonds is 5. The van der Waals surface area contributed by atoms with Gasteiger partial charge in [0.2, 0.25) is 0 Å². The van der Waals surface area contributed by atoms with E-state index in [0.717, 1.165) is 12.1 Å². The molecule has 0 radical (unpaired) electrons. The van der Waals surface area contributed by atoms with Crippen molar-refractivity contribution in [3.8, 4) is 0 Å². The second-order valence-corrected chi connectivity index (χ2v) is 4.65. The van der Waals surface area contributed by atoms with Gasteiger partial charge in [0.15, 0.2) is 0 Å². The van der Waals surface area contributed by atoms with Gasteiger partial charge in [-0.2, -0.15) is 13.2 Å². The Bertz CT molecular complexity index is 489. The summed E-state index contributed by atoms with van der Waals surface area (Å²) in [7, 11) is 3.18. The highest BCUT2D eigenvalue weighted by Gasteiger charge is 2.31. The Kier molecular flexibility index (Phi) is 5.95. The lowest BCUT2D eigenvalue weighted by Gasteiger charge is -2.13. The molecule has 0 fully saturated rings. The van der Waals surface area contributed by atoms with E-state index in [4.69, 9.17) is 0 Å². The van der Waals surface area contributed by atoms with Crippen molar-refractivity contribution in [1.82, 2.24) is 15.5 Å². The third-order valence-corrected chi connectivity index (χ3v) is 2.60. The lowest BCUT2D eigenvalue weighted by atomic mass is 10.1. The molecule has 2 N–H and O–H groups in total. The van der Waals surface area contributed by atoms with E-state index in [-0.39, 0.29) is 18.1 Å². The highest BCUT2D eigenvalue weighted by molar-refractivity contribution is 5.73.